The number of H-pyrrole nitrogens is 1. The van der Waals surface area contributed by atoms with Gasteiger partial charge < -0.3 is 19.8 Å². The standard InChI is InChI=1S/C20H19N3O3/c24-20(14-7-8-17(23-12-14)16-4-3-10-21-16)22-11-9-15-13-25-18-5-1-2-6-19(18)26-15/h1-8,10,12,15,21H,9,11,13H2,(H,22,24). The largest absolute Gasteiger partial charge is 0.486 e. The average Bonchev–Trinajstić information content (AvgIpc) is 3.23. The molecular formula is C20H19N3O3. The number of pyridine rings is 1. The van der Waals surface area contributed by atoms with Crippen LogP contribution in [-0.2, 0) is 0 Å². The Morgan fingerprint density at radius 3 is 2.81 bits per heavy atom. The number of ether oxygens (including phenoxy) is 2. The fourth-order valence-corrected chi connectivity index (χ4v) is 2.83. The molecule has 4 rings (SSSR count). The number of benzene rings is 1. The number of hydrogen-bond acceptors (Lipinski definition) is 4. The molecule has 1 aliphatic rings. The van der Waals surface area contributed by atoms with Crippen molar-refractivity contribution in [3.05, 3.63) is 66.5 Å². The van der Waals surface area contributed by atoms with Crippen LogP contribution in [0.1, 0.15) is 16.8 Å². The van der Waals surface area contributed by atoms with Crippen LogP contribution < -0.4 is 14.8 Å². The zero-order valence-corrected chi connectivity index (χ0v) is 14.1. The third-order valence-corrected chi connectivity index (χ3v) is 4.22. The van der Waals surface area contributed by atoms with Crippen molar-refractivity contribution in [2.45, 2.75) is 12.5 Å². The minimum absolute atomic E-state index is 0.0708. The molecule has 6 nitrogen and oxygen atoms in total. The highest BCUT2D eigenvalue weighted by atomic mass is 16.6. The van der Waals surface area contributed by atoms with Gasteiger partial charge in [-0.3, -0.25) is 9.78 Å². The molecule has 0 radical (unpaired) electrons. The predicted molar refractivity (Wildman–Crippen MR) is 97.3 cm³/mol. The fraction of sp³-hybridized carbons (Fsp3) is 0.200. The Labute approximate surface area is 151 Å². The van der Waals surface area contributed by atoms with Crippen LogP contribution in [0, 0.1) is 0 Å². The van der Waals surface area contributed by atoms with Crippen LogP contribution in [0.4, 0.5) is 0 Å². The van der Waals surface area contributed by atoms with Crippen molar-refractivity contribution in [3.8, 4) is 22.9 Å². The Hall–Kier alpha value is -3.28. The highest BCUT2D eigenvalue weighted by Crippen LogP contribution is 2.31. The van der Waals surface area contributed by atoms with Crippen molar-refractivity contribution in [2.24, 2.45) is 0 Å². The molecule has 1 unspecified atom stereocenters. The molecule has 1 amide bonds. The molecule has 0 saturated heterocycles. The summed E-state index contributed by atoms with van der Waals surface area (Å²) < 4.78 is 11.6. The number of aromatic amines is 1. The topological polar surface area (TPSA) is 76.2 Å². The number of aromatic nitrogens is 2. The van der Waals surface area contributed by atoms with Gasteiger partial charge in [0.2, 0.25) is 0 Å². The lowest BCUT2D eigenvalue weighted by molar-refractivity contribution is 0.0812. The summed E-state index contributed by atoms with van der Waals surface area (Å²) in [6, 6.07) is 15.0. The lowest BCUT2D eigenvalue weighted by Gasteiger charge is -2.26. The van der Waals surface area contributed by atoms with E-state index in [0.717, 1.165) is 22.9 Å². The average molecular weight is 349 g/mol. The van der Waals surface area contributed by atoms with Gasteiger partial charge in [-0.05, 0) is 36.4 Å². The van der Waals surface area contributed by atoms with Crippen LogP contribution in [-0.4, -0.2) is 35.1 Å². The van der Waals surface area contributed by atoms with E-state index < -0.39 is 0 Å². The van der Waals surface area contributed by atoms with E-state index in [-0.39, 0.29) is 12.0 Å². The molecule has 0 spiro atoms. The lowest BCUT2D eigenvalue weighted by Crippen LogP contribution is -2.34. The normalized spacial score (nSPS) is 15.5. The van der Waals surface area contributed by atoms with Crippen LogP contribution in [0.25, 0.3) is 11.4 Å². The van der Waals surface area contributed by atoms with Gasteiger partial charge in [0.25, 0.3) is 5.91 Å². The molecule has 2 N–H and O–H groups in total. The summed E-state index contributed by atoms with van der Waals surface area (Å²) in [4.78, 5) is 19.7. The third kappa shape index (κ3) is 3.54. The second-order valence-corrected chi connectivity index (χ2v) is 6.06. The second-order valence-electron chi connectivity index (χ2n) is 6.06. The molecule has 0 bridgehead atoms. The molecule has 0 saturated carbocycles. The molecule has 3 heterocycles. The maximum atomic E-state index is 12.3. The van der Waals surface area contributed by atoms with Crippen LogP contribution in [0.3, 0.4) is 0 Å². The molecule has 0 aliphatic carbocycles. The highest BCUT2D eigenvalue weighted by Gasteiger charge is 2.20. The highest BCUT2D eigenvalue weighted by molar-refractivity contribution is 5.94. The minimum atomic E-state index is -0.146. The number of nitrogens with one attached hydrogen (secondary N) is 2. The van der Waals surface area contributed by atoms with Crippen molar-refractivity contribution < 1.29 is 14.3 Å². The first-order valence-corrected chi connectivity index (χ1v) is 8.56. The van der Waals surface area contributed by atoms with Crippen LogP contribution in [0.15, 0.2) is 60.9 Å². The molecule has 2 aromatic heterocycles. The maximum Gasteiger partial charge on any atom is 0.252 e. The minimum Gasteiger partial charge on any atom is -0.486 e. The summed E-state index contributed by atoms with van der Waals surface area (Å²) in [5.74, 6) is 1.37. The van der Waals surface area contributed by atoms with Crippen molar-refractivity contribution in [3.63, 3.8) is 0 Å². The smallest absolute Gasteiger partial charge is 0.252 e. The van der Waals surface area contributed by atoms with E-state index in [1.807, 2.05) is 48.7 Å². The van der Waals surface area contributed by atoms with Gasteiger partial charge in [0, 0.05) is 25.4 Å². The summed E-state index contributed by atoms with van der Waals surface area (Å²) >= 11 is 0. The van der Waals surface area contributed by atoms with Gasteiger partial charge in [-0.1, -0.05) is 12.1 Å². The number of hydrogen-bond donors (Lipinski definition) is 2. The number of carbonyl (C=O) groups excluding carboxylic acids is 1. The number of rotatable bonds is 5. The molecule has 3 aromatic rings. The fourth-order valence-electron chi connectivity index (χ4n) is 2.83. The van der Waals surface area contributed by atoms with Crippen LogP contribution in [0.2, 0.25) is 0 Å². The summed E-state index contributed by atoms with van der Waals surface area (Å²) in [5, 5.41) is 2.90. The van der Waals surface area contributed by atoms with Crippen molar-refractivity contribution in [1.29, 1.82) is 0 Å². The zero-order chi connectivity index (χ0) is 17.8. The Balaban J connectivity index is 1.28. The number of nitrogens with zero attached hydrogens (tertiary/aromatic N) is 1. The van der Waals surface area contributed by atoms with E-state index in [2.05, 4.69) is 15.3 Å². The molecule has 26 heavy (non-hydrogen) atoms. The number of fused-ring (bicyclic) bond motifs is 1. The Kier molecular flexibility index (Phi) is 4.55. The van der Waals surface area contributed by atoms with Gasteiger partial charge in [-0.15, -0.1) is 0 Å². The SMILES string of the molecule is O=C(NCCC1COc2ccccc2O1)c1ccc(-c2ccc[nH]2)nc1. The zero-order valence-electron chi connectivity index (χ0n) is 14.1. The van der Waals surface area contributed by atoms with Gasteiger partial charge >= 0.3 is 0 Å². The van der Waals surface area contributed by atoms with Gasteiger partial charge in [-0.2, -0.15) is 0 Å². The molecular weight excluding hydrogens is 330 g/mol. The molecule has 1 atom stereocenters. The molecule has 6 heteroatoms. The Morgan fingerprint density at radius 2 is 2.04 bits per heavy atom. The molecule has 132 valence electrons. The number of amides is 1. The van der Waals surface area contributed by atoms with Gasteiger partial charge in [0.15, 0.2) is 11.5 Å². The van der Waals surface area contributed by atoms with Crippen molar-refractivity contribution in [2.75, 3.05) is 13.2 Å². The van der Waals surface area contributed by atoms with E-state index in [0.29, 0.717) is 25.1 Å². The summed E-state index contributed by atoms with van der Waals surface area (Å²) in [5.41, 5.74) is 2.26. The van der Waals surface area contributed by atoms with Crippen LogP contribution in [0.5, 0.6) is 11.5 Å². The van der Waals surface area contributed by atoms with E-state index in [9.17, 15) is 4.79 Å². The predicted octanol–water partition coefficient (Wildman–Crippen LogP) is 3.04. The molecule has 1 aliphatic heterocycles. The number of para-hydroxylation sites is 2. The van der Waals surface area contributed by atoms with Gasteiger partial charge in [0.1, 0.15) is 12.7 Å². The first-order chi connectivity index (χ1) is 12.8. The van der Waals surface area contributed by atoms with Crippen LogP contribution >= 0.6 is 0 Å². The summed E-state index contributed by atoms with van der Waals surface area (Å²) in [7, 11) is 0. The molecule has 1 aromatic carbocycles. The summed E-state index contributed by atoms with van der Waals surface area (Å²) in [6.45, 7) is 0.993. The van der Waals surface area contributed by atoms with Gasteiger partial charge in [0.05, 0.1) is 17.0 Å². The quantitative estimate of drug-likeness (QED) is 0.742. The van der Waals surface area contributed by atoms with Crippen molar-refractivity contribution in [1.82, 2.24) is 15.3 Å². The Morgan fingerprint density at radius 1 is 1.15 bits per heavy atom. The Bertz CT molecular complexity index is 876. The van der Waals surface area contributed by atoms with E-state index in [4.69, 9.17) is 9.47 Å². The van der Waals surface area contributed by atoms with E-state index in [1.165, 1.54) is 0 Å². The maximum absolute atomic E-state index is 12.3. The second kappa shape index (κ2) is 7.31. The van der Waals surface area contributed by atoms with Crippen molar-refractivity contribution >= 4 is 5.91 Å². The van der Waals surface area contributed by atoms with E-state index in [1.54, 1.807) is 12.3 Å². The third-order valence-electron chi connectivity index (χ3n) is 4.22. The summed E-state index contributed by atoms with van der Waals surface area (Å²) in [6.07, 6.45) is 4.03. The monoisotopic (exact) mass is 349 g/mol. The molecule has 0 fully saturated rings. The number of carbonyl (C=O) groups is 1. The lowest BCUT2D eigenvalue weighted by atomic mass is 10.2. The van der Waals surface area contributed by atoms with E-state index >= 15 is 0 Å². The first-order valence-electron chi connectivity index (χ1n) is 8.56. The first kappa shape index (κ1) is 16.2. The van der Waals surface area contributed by atoms with Gasteiger partial charge in [-0.25, -0.2) is 0 Å².